The maximum Gasteiger partial charge on any atom is 0.312 e. The number of esters is 1. The maximum atomic E-state index is 13.7. The minimum absolute atomic E-state index is 0.176. The molecule has 0 aliphatic heterocycles. The van der Waals surface area contributed by atoms with Gasteiger partial charge < -0.3 is 4.74 Å². The van der Waals surface area contributed by atoms with Gasteiger partial charge in [0.1, 0.15) is 0 Å². The van der Waals surface area contributed by atoms with Crippen LogP contribution in [0.15, 0.2) is 0 Å². The van der Waals surface area contributed by atoms with Crippen molar-refractivity contribution >= 4 is 5.97 Å². The van der Waals surface area contributed by atoms with Crippen LogP contribution in [0, 0.1) is 22.7 Å². The van der Waals surface area contributed by atoms with E-state index in [0.717, 1.165) is 37.5 Å². The van der Waals surface area contributed by atoms with Crippen LogP contribution in [0.2, 0.25) is 0 Å². The molecule has 3 aliphatic rings. The standard InChI is InChI=1S/C28H50O2/c1-3-5-11-18-27(21-16-25(17-22-27)24-14-9-7-10-15-24)28(19-12-8-13-20-28)26(29)30-23-6-4-2/h24-25H,3-23H2,1-2H3/t25-,27+. The third kappa shape index (κ3) is 5.44. The van der Waals surface area contributed by atoms with Gasteiger partial charge in [-0.2, -0.15) is 0 Å². The van der Waals surface area contributed by atoms with Crippen molar-refractivity contribution in [2.75, 3.05) is 6.61 Å². The number of unbranched alkanes of at least 4 members (excludes halogenated alkanes) is 3. The molecule has 0 atom stereocenters. The van der Waals surface area contributed by atoms with Gasteiger partial charge in [0.15, 0.2) is 0 Å². The number of carbonyl (C=O) groups excluding carboxylic acids is 1. The fraction of sp³-hybridized carbons (Fsp3) is 0.964. The number of carbonyl (C=O) groups is 1. The smallest absolute Gasteiger partial charge is 0.312 e. The van der Waals surface area contributed by atoms with Gasteiger partial charge in [-0.3, -0.25) is 4.79 Å². The van der Waals surface area contributed by atoms with Gasteiger partial charge in [0.2, 0.25) is 0 Å². The largest absolute Gasteiger partial charge is 0.465 e. The Hall–Kier alpha value is -0.530. The van der Waals surface area contributed by atoms with Crippen LogP contribution in [0.5, 0.6) is 0 Å². The first kappa shape index (κ1) is 24.1. The fourth-order valence-corrected chi connectivity index (χ4v) is 7.50. The van der Waals surface area contributed by atoms with E-state index in [1.807, 2.05) is 0 Å². The monoisotopic (exact) mass is 418 g/mol. The lowest BCUT2D eigenvalue weighted by Crippen LogP contribution is -2.52. The molecule has 0 aromatic rings. The summed E-state index contributed by atoms with van der Waals surface area (Å²) < 4.78 is 6.01. The molecule has 0 spiro atoms. The molecule has 3 fully saturated rings. The lowest BCUT2D eigenvalue weighted by Gasteiger charge is -2.55. The number of ether oxygens (including phenoxy) is 1. The summed E-state index contributed by atoms with van der Waals surface area (Å²) in [5.74, 6) is 2.11. The summed E-state index contributed by atoms with van der Waals surface area (Å²) in [6, 6.07) is 0. The van der Waals surface area contributed by atoms with E-state index in [1.54, 1.807) is 0 Å². The second-order valence-corrected chi connectivity index (χ2v) is 11.1. The number of hydrogen-bond donors (Lipinski definition) is 0. The summed E-state index contributed by atoms with van der Waals surface area (Å²) in [4.78, 5) is 13.7. The molecule has 3 saturated carbocycles. The normalized spacial score (nSPS) is 30.1. The van der Waals surface area contributed by atoms with Crippen LogP contribution in [0.25, 0.3) is 0 Å². The summed E-state index contributed by atoms with van der Waals surface area (Å²) >= 11 is 0. The number of rotatable bonds is 10. The fourth-order valence-electron chi connectivity index (χ4n) is 7.50. The molecular weight excluding hydrogens is 368 g/mol. The van der Waals surface area contributed by atoms with Crippen LogP contribution in [0.3, 0.4) is 0 Å². The van der Waals surface area contributed by atoms with E-state index in [2.05, 4.69) is 13.8 Å². The highest BCUT2D eigenvalue weighted by Crippen LogP contribution is 2.61. The molecule has 3 aliphatic carbocycles. The molecule has 0 N–H and O–H groups in total. The zero-order valence-electron chi connectivity index (χ0n) is 20.3. The molecule has 174 valence electrons. The average Bonchev–Trinajstić information content (AvgIpc) is 2.81. The van der Waals surface area contributed by atoms with E-state index >= 15 is 0 Å². The summed E-state index contributed by atoms with van der Waals surface area (Å²) in [6.07, 6.45) is 25.9. The van der Waals surface area contributed by atoms with E-state index in [9.17, 15) is 4.79 Å². The van der Waals surface area contributed by atoms with Crippen molar-refractivity contribution in [1.29, 1.82) is 0 Å². The highest BCUT2D eigenvalue weighted by atomic mass is 16.5. The first-order valence-corrected chi connectivity index (χ1v) is 13.8. The Kier molecular flexibility index (Phi) is 9.58. The lowest BCUT2D eigenvalue weighted by molar-refractivity contribution is -0.175. The van der Waals surface area contributed by atoms with E-state index in [-0.39, 0.29) is 16.8 Å². The average molecular weight is 419 g/mol. The Morgan fingerprint density at radius 1 is 0.733 bits per heavy atom. The van der Waals surface area contributed by atoms with Gasteiger partial charge in [0.25, 0.3) is 0 Å². The van der Waals surface area contributed by atoms with Crippen molar-refractivity contribution in [2.24, 2.45) is 22.7 Å². The van der Waals surface area contributed by atoms with Crippen LogP contribution < -0.4 is 0 Å². The molecule has 3 rings (SSSR count). The topological polar surface area (TPSA) is 26.3 Å². The van der Waals surface area contributed by atoms with Gasteiger partial charge in [-0.05, 0) is 68.6 Å². The van der Waals surface area contributed by atoms with E-state index in [4.69, 9.17) is 4.74 Å². The van der Waals surface area contributed by atoms with E-state index in [0.29, 0.717) is 6.61 Å². The van der Waals surface area contributed by atoms with Crippen molar-refractivity contribution in [3.8, 4) is 0 Å². The van der Waals surface area contributed by atoms with Crippen LogP contribution in [-0.4, -0.2) is 12.6 Å². The van der Waals surface area contributed by atoms with Gasteiger partial charge in [-0.1, -0.05) is 90.9 Å². The second kappa shape index (κ2) is 11.9. The van der Waals surface area contributed by atoms with Crippen molar-refractivity contribution in [1.82, 2.24) is 0 Å². The van der Waals surface area contributed by atoms with Gasteiger partial charge >= 0.3 is 5.97 Å². The molecule has 0 heterocycles. The highest BCUT2D eigenvalue weighted by Gasteiger charge is 2.57. The van der Waals surface area contributed by atoms with Crippen LogP contribution >= 0.6 is 0 Å². The minimum atomic E-state index is -0.176. The highest BCUT2D eigenvalue weighted by molar-refractivity contribution is 5.78. The zero-order chi connectivity index (χ0) is 21.3. The van der Waals surface area contributed by atoms with E-state index in [1.165, 1.54) is 103 Å². The molecule has 0 aromatic heterocycles. The third-order valence-electron chi connectivity index (χ3n) is 9.41. The molecule has 0 aromatic carbocycles. The molecule has 0 radical (unpaired) electrons. The Balaban J connectivity index is 1.77. The predicted molar refractivity (Wildman–Crippen MR) is 126 cm³/mol. The van der Waals surface area contributed by atoms with Crippen molar-refractivity contribution in [2.45, 2.75) is 142 Å². The van der Waals surface area contributed by atoms with Crippen molar-refractivity contribution in [3.63, 3.8) is 0 Å². The predicted octanol–water partition coefficient (Wildman–Crippen LogP) is 8.62. The first-order valence-electron chi connectivity index (χ1n) is 13.8. The molecule has 2 nitrogen and oxygen atoms in total. The molecule has 30 heavy (non-hydrogen) atoms. The minimum Gasteiger partial charge on any atom is -0.465 e. The Labute approximate surface area is 187 Å². The number of hydrogen-bond acceptors (Lipinski definition) is 2. The van der Waals surface area contributed by atoms with Gasteiger partial charge in [0.05, 0.1) is 12.0 Å². The van der Waals surface area contributed by atoms with Gasteiger partial charge in [-0.15, -0.1) is 0 Å². The first-order chi connectivity index (χ1) is 14.7. The SMILES string of the molecule is CCCCC[C@]1(C2(C(=O)OCCCC)CCCCC2)CC[C@@H](C2CCCCC2)CC1. The Morgan fingerprint density at radius 3 is 1.97 bits per heavy atom. The van der Waals surface area contributed by atoms with Crippen LogP contribution in [-0.2, 0) is 9.53 Å². The maximum absolute atomic E-state index is 13.7. The third-order valence-corrected chi connectivity index (χ3v) is 9.41. The van der Waals surface area contributed by atoms with Crippen LogP contribution in [0.4, 0.5) is 0 Å². The summed E-state index contributed by atoms with van der Waals surface area (Å²) in [7, 11) is 0. The van der Waals surface area contributed by atoms with Crippen molar-refractivity contribution in [3.05, 3.63) is 0 Å². The van der Waals surface area contributed by atoms with E-state index < -0.39 is 0 Å². The summed E-state index contributed by atoms with van der Waals surface area (Å²) in [5, 5.41) is 0. The summed E-state index contributed by atoms with van der Waals surface area (Å²) in [6.45, 7) is 5.12. The van der Waals surface area contributed by atoms with Gasteiger partial charge in [-0.25, -0.2) is 0 Å². The van der Waals surface area contributed by atoms with Crippen LogP contribution in [0.1, 0.15) is 142 Å². The Bertz CT molecular complexity index is 491. The van der Waals surface area contributed by atoms with Crippen molar-refractivity contribution < 1.29 is 9.53 Å². The quantitative estimate of drug-likeness (QED) is 0.262. The second-order valence-electron chi connectivity index (χ2n) is 11.1. The molecule has 0 saturated heterocycles. The molecular formula is C28H50O2. The Morgan fingerprint density at radius 2 is 1.33 bits per heavy atom. The lowest BCUT2D eigenvalue weighted by atomic mass is 9.49. The van der Waals surface area contributed by atoms with Gasteiger partial charge in [0, 0.05) is 0 Å². The molecule has 0 bridgehead atoms. The molecule has 0 unspecified atom stereocenters. The summed E-state index contributed by atoms with van der Waals surface area (Å²) in [5.41, 5.74) is 0.0430. The molecule has 0 amide bonds. The zero-order valence-corrected chi connectivity index (χ0v) is 20.3. The molecule has 2 heteroatoms.